The first-order chi connectivity index (χ1) is 10.1. The van der Waals surface area contributed by atoms with E-state index in [9.17, 15) is 19.8 Å². The predicted molar refractivity (Wildman–Crippen MR) is 75.5 cm³/mol. The normalized spacial score (nSPS) is 18.8. The maximum absolute atomic E-state index is 10.6. The zero-order chi connectivity index (χ0) is 17.9. The molecule has 10 nitrogen and oxygen atoms in total. The van der Waals surface area contributed by atoms with Gasteiger partial charge in [0.2, 0.25) is 5.91 Å². The van der Waals surface area contributed by atoms with Gasteiger partial charge in [-0.3, -0.25) is 4.79 Å². The molecule has 0 aliphatic rings. The fourth-order valence-electron chi connectivity index (χ4n) is 1.14. The number of hydrogen-bond donors (Lipinski definition) is 8. The minimum atomic E-state index is -1.71. The lowest BCUT2D eigenvalue weighted by molar-refractivity contribution is -0.129. The van der Waals surface area contributed by atoms with E-state index in [2.05, 4.69) is 5.32 Å². The molecule has 0 aliphatic carbocycles. The van der Waals surface area contributed by atoms with Gasteiger partial charge in [0.05, 0.1) is 25.4 Å². The third-order valence-corrected chi connectivity index (χ3v) is 2.65. The Morgan fingerprint density at radius 1 is 1.14 bits per heavy atom. The molecule has 0 aromatic carbocycles. The summed E-state index contributed by atoms with van der Waals surface area (Å²) in [6.07, 6.45) is -5.33. The molecule has 0 heterocycles. The average Bonchev–Trinajstić information content (AvgIpc) is 2.49. The van der Waals surface area contributed by atoms with Crippen molar-refractivity contribution in [2.45, 2.75) is 50.3 Å². The van der Waals surface area contributed by atoms with E-state index in [-0.39, 0.29) is 12.9 Å². The topological polar surface area (TPSA) is 194 Å². The van der Waals surface area contributed by atoms with Crippen LogP contribution in [0.1, 0.15) is 13.8 Å². The van der Waals surface area contributed by atoms with Gasteiger partial charge in [-0.2, -0.15) is 0 Å². The van der Waals surface area contributed by atoms with E-state index < -0.39 is 49.0 Å². The van der Waals surface area contributed by atoms with E-state index in [1.807, 2.05) is 0 Å². The number of rotatable bonds is 8. The molecule has 0 aromatic rings. The summed E-state index contributed by atoms with van der Waals surface area (Å²) in [5.74, 6) is -0.558. The van der Waals surface area contributed by atoms with Crippen molar-refractivity contribution in [1.82, 2.24) is 5.32 Å². The largest absolute Gasteiger partial charge is 0.395 e. The zero-order valence-corrected chi connectivity index (χ0v) is 12.5. The van der Waals surface area contributed by atoms with Gasteiger partial charge in [-0.1, -0.05) is 0 Å². The van der Waals surface area contributed by atoms with E-state index >= 15 is 0 Å². The van der Waals surface area contributed by atoms with Gasteiger partial charge in [0, 0.05) is 6.92 Å². The van der Waals surface area contributed by atoms with Crippen LogP contribution in [0.5, 0.6) is 0 Å². The van der Waals surface area contributed by atoms with Crippen LogP contribution in [0.25, 0.3) is 0 Å². The highest BCUT2D eigenvalue weighted by Crippen LogP contribution is 2.03. The first-order valence-electron chi connectivity index (χ1n) is 6.54. The van der Waals surface area contributed by atoms with Gasteiger partial charge >= 0.3 is 0 Å². The SMILES string of the molecule is CC(=O)N[C@@H](C=O)[C@@H](O)[C@@H](O)[C@H](O)CO.C[C@H](O)[C@@H](N)CO. The Balaban J connectivity index is 0. The Morgan fingerprint density at radius 3 is 1.86 bits per heavy atom. The molecule has 0 bridgehead atoms. The number of nitrogens with one attached hydrogen (secondary N) is 1. The van der Waals surface area contributed by atoms with E-state index in [1.54, 1.807) is 6.92 Å². The molecule has 9 N–H and O–H groups in total. The molecule has 22 heavy (non-hydrogen) atoms. The Bertz CT molecular complexity index is 316. The first kappa shape index (κ1) is 23.1. The highest BCUT2D eigenvalue weighted by Gasteiger charge is 2.31. The molecule has 1 amide bonds. The number of amides is 1. The molecule has 10 heteroatoms. The molecule has 0 spiro atoms. The van der Waals surface area contributed by atoms with Crippen molar-refractivity contribution in [3.8, 4) is 0 Å². The van der Waals surface area contributed by atoms with Crippen molar-refractivity contribution in [2.24, 2.45) is 5.73 Å². The van der Waals surface area contributed by atoms with Crippen LogP contribution in [-0.2, 0) is 9.59 Å². The van der Waals surface area contributed by atoms with Gasteiger partial charge in [-0.25, -0.2) is 0 Å². The number of hydrogen-bond acceptors (Lipinski definition) is 9. The van der Waals surface area contributed by atoms with Gasteiger partial charge in [0.1, 0.15) is 30.6 Å². The van der Waals surface area contributed by atoms with Gasteiger partial charge in [-0.05, 0) is 6.92 Å². The van der Waals surface area contributed by atoms with Crippen LogP contribution in [-0.4, -0.2) is 92.5 Å². The maximum atomic E-state index is 10.6. The highest BCUT2D eigenvalue weighted by atomic mass is 16.4. The second kappa shape index (κ2) is 12.4. The van der Waals surface area contributed by atoms with Crippen molar-refractivity contribution in [2.75, 3.05) is 13.2 Å². The summed E-state index contributed by atoms with van der Waals surface area (Å²) in [6, 6.07) is -1.81. The van der Waals surface area contributed by atoms with E-state index in [0.29, 0.717) is 0 Å². The van der Waals surface area contributed by atoms with Crippen LogP contribution >= 0.6 is 0 Å². The van der Waals surface area contributed by atoms with Crippen LogP contribution in [0.3, 0.4) is 0 Å². The summed E-state index contributed by atoms with van der Waals surface area (Å²) in [6.45, 7) is 1.76. The fourth-order valence-corrected chi connectivity index (χ4v) is 1.14. The number of carbonyl (C=O) groups excluding carboxylic acids is 2. The van der Waals surface area contributed by atoms with Crippen LogP contribution in [0, 0.1) is 0 Å². The van der Waals surface area contributed by atoms with E-state index in [1.165, 1.54) is 0 Å². The third-order valence-electron chi connectivity index (χ3n) is 2.65. The van der Waals surface area contributed by atoms with Gasteiger partial charge in [0.15, 0.2) is 0 Å². The first-order valence-corrected chi connectivity index (χ1v) is 6.54. The Labute approximate surface area is 128 Å². The van der Waals surface area contributed by atoms with Crippen molar-refractivity contribution >= 4 is 12.2 Å². The lowest BCUT2D eigenvalue weighted by Crippen LogP contribution is -2.53. The van der Waals surface area contributed by atoms with Crippen LogP contribution in [0.15, 0.2) is 0 Å². The lowest BCUT2D eigenvalue weighted by Gasteiger charge is -2.25. The quantitative estimate of drug-likeness (QED) is 0.203. The standard InChI is InChI=1S/C8H15NO6.C4H11NO2/c1-4(12)9-5(2-10)7(14)8(15)6(13)3-11;1-3(7)4(5)2-6/h2,5-8,11,13-15H,3H2,1H3,(H,9,12);3-4,6-7H,2,5H2,1H3/t5-,6+,7+,8-;3-,4-/m00/s1. The van der Waals surface area contributed by atoms with Gasteiger partial charge < -0.3 is 46.5 Å². The molecule has 0 fully saturated rings. The van der Waals surface area contributed by atoms with E-state index in [0.717, 1.165) is 6.92 Å². The van der Waals surface area contributed by atoms with Gasteiger partial charge in [0.25, 0.3) is 0 Å². The number of nitrogens with two attached hydrogens (primary N) is 1. The second-order valence-corrected chi connectivity index (χ2v) is 4.68. The molecule has 0 rings (SSSR count). The van der Waals surface area contributed by atoms with Gasteiger partial charge in [-0.15, -0.1) is 0 Å². The van der Waals surface area contributed by atoms with Crippen LogP contribution in [0.2, 0.25) is 0 Å². The smallest absolute Gasteiger partial charge is 0.217 e. The minimum absolute atomic E-state index is 0.155. The summed E-state index contributed by atoms with van der Waals surface area (Å²) in [4.78, 5) is 21.1. The number of aliphatic hydroxyl groups excluding tert-OH is 6. The highest BCUT2D eigenvalue weighted by molar-refractivity contribution is 5.77. The maximum Gasteiger partial charge on any atom is 0.217 e. The molecule has 0 aliphatic heterocycles. The predicted octanol–water partition coefficient (Wildman–Crippen LogP) is -4.55. The fraction of sp³-hybridized carbons (Fsp3) is 0.833. The molecule has 0 saturated carbocycles. The number of aldehydes is 1. The molecular weight excluding hydrogens is 300 g/mol. The molecule has 0 saturated heterocycles. The van der Waals surface area contributed by atoms with Crippen molar-refractivity contribution < 1.29 is 40.2 Å². The van der Waals surface area contributed by atoms with Crippen molar-refractivity contribution in [1.29, 1.82) is 0 Å². The summed E-state index contributed by atoms with van der Waals surface area (Å²) >= 11 is 0. The molecule has 0 radical (unpaired) electrons. The second-order valence-electron chi connectivity index (χ2n) is 4.68. The molecule has 0 unspecified atom stereocenters. The summed E-state index contributed by atoms with van der Waals surface area (Å²) in [7, 11) is 0. The van der Waals surface area contributed by atoms with Crippen molar-refractivity contribution in [3.63, 3.8) is 0 Å². The van der Waals surface area contributed by atoms with Crippen LogP contribution in [0.4, 0.5) is 0 Å². The zero-order valence-electron chi connectivity index (χ0n) is 12.5. The molecule has 6 atom stereocenters. The van der Waals surface area contributed by atoms with E-state index in [4.69, 9.17) is 26.2 Å². The molecular formula is C12H26N2O8. The Hall–Kier alpha value is -1.14. The monoisotopic (exact) mass is 326 g/mol. The minimum Gasteiger partial charge on any atom is -0.395 e. The summed E-state index contributed by atoms with van der Waals surface area (Å²) in [5, 5.41) is 54.9. The molecule has 132 valence electrons. The molecule has 0 aromatic heterocycles. The number of carbonyl (C=O) groups is 2. The Kier molecular flexibility index (Phi) is 13.0. The van der Waals surface area contributed by atoms with Crippen LogP contribution < -0.4 is 11.1 Å². The average molecular weight is 326 g/mol. The number of aliphatic hydroxyl groups is 6. The Morgan fingerprint density at radius 2 is 1.64 bits per heavy atom. The lowest BCUT2D eigenvalue weighted by atomic mass is 10.0. The summed E-state index contributed by atoms with van der Waals surface area (Å²) < 4.78 is 0. The van der Waals surface area contributed by atoms with Crippen molar-refractivity contribution in [3.05, 3.63) is 0 Å². The summed E-state index contributed by atoms with van der Waals surface area (Å²) in [5.41, 5.74) is 5.12. The third kappa shape index (κ3) is 9.73.